The average molecular weight is 238 g/mol. The maximum Gasteiger partial charge on any atom is 0.00952 e. The van der Waals surface area contributed by atoms with Gasteiger partial charge in [-0.15, -0.1) is 0 Å². The van der Waals surface area contributed by atoms with Crippen molar-refractivity contribution in [2.24, 2.45) is 0 Å². The van der Waals surface area contributed by atoms with Gasteiger partial charge in [0.05, 0.1) is 0 Å². The second-order valence-corrected chi connectivity index (χ2v) is 5.60. The Morgan fingerprint density at radius 3 is 2.71 bits per heavy atom. The molecule has 0 spiro atoms. The minimum Gasteiger partial charge on any atom is -0.300 e. The van der Waals surface area contributed by atoms with Gasteiger partial charge in [0.15, 0.2) is 0 Å². The highest BCUT2D eigenvalue weighted by molar-refractivity contribution is 4.76. The molecule has 0 aliphatic carbocycles. The van der Waals surface area contributed by atoms with Gasteiger partial charge in [-0.3, -0.25) is 0 Å². The van der Waals surface area contributed by atoms with Crippen molar-refractivity contribution in [2.75, 3.05) is 13.1 Å². The first kappa shape index (κ1) is 15.0. The lowest BCUT2D eigenvalue weighted by Crippen LogP contribution is -2.40. The Bertz CT molecular complexity index is 167. The lowest BCUT2D eigenvalue weighted by Gasteiger charge is -2.36. The molecular formula is C16H32N. The summed E-state index contributed by atoms with van der Waals surface area (Å²) in [6.45, 7) is 8.94. The van der Waals surface area contributed by atoms with Crippen LogP contribution in [0.2, 0.25) is 0 Å². The van der Waals surface area contributed by atoms with Crippen molar-refractivity contribution in [3.8, 4) is 0 Å². The van der Waals surface area contributed by atoms with Crippen molar-refractivity contribution in [1.29, 1.82) is 0 Å². The lowest BCUT2D eigenvalue weighted by atomic mass is 9.96. The molecule has 0 N–H and O–H groups in total. The monoisotopic (exact) mass is 238 g/mol. The van der Waals surface area contributed by atoms with Gasteiger partial charge in [-0.05, 0) is 38.8 Å². The molecule has 17 heavy (non-hydrogen) atoms. The summed E-state index contributed by atoms with van der Waals surface area (Å²) in [4.78, 5) is 2.78. The van der Waals surface area contributed by atoms with Crippen molar-refractivity contribution in [3.05, 3.63) is 6.92 Å². The summed E-state index contributed by atoms with van der Waals surface area (Å²) < 4.78 is 0. The fourth-order valence-corrected chi connectivity index (χ4v) is 2.98. The Morgan fingerprint density at radius 2 is 1.94 bits per heavy atom. The van der Waals surface area contributed by atoms with E-state index in [0.29, 0.717) is 0 Å². The Labute approximate surface area is 109 Å². The zero-order valence-electron chi connectivity index (χ0n) is 11.9. The molecule has 1 aliphatic heterocycles. The highest BCUT2D eigenvalue weighted by Gasteiger charge is 2.20. The van der Waals surface area contributed by atoms with Crippen LogP contribution in [-0.4, -0.2) is 24.0 Å². The van der Waals surface area contributed by atoms with Gasteiger partial charge in [0.1, 0.15) is 0 Å². The zero-order valence-corrected chi connectivity index (χ0v) is 11.9. The average Bonchev–Trinajstić information content (AvgIpc) is 2.36. The van der Waals surface area contributed by atoms with Gasteiger partial charge >= 0.3 is 0 Å². The molecule has 1 fully saturated rings. The quantitative estimate of drug-likeness (QED) is 0.521. The Balaban J connectivity index is 2.17. The first-order valence-corrected chi connectivity index (χ1v) is 7.91. The topological polar surface area (TPSA) is 3.24 Å². The molecule has 0 amide bonds. The predicted octanol–water partition coefficient (Wildman–Crippen LogP) is 4.82. The molecule has 1 rings (SSSR count). The minimum absolute atomic E-state index is 0.908. The molecule has 0 bridgehead atoms. The van der Waals surface area contributed by atoms with E-state index in [0.717, 1.165) is 12.5 Å². The third-order valence-electron chi connectivity index (χ3n) is 4.09. The molecule has 0 aromatic heterocycles. The number of unbranched alkanes of at least 4 members (excludes halogenated alkanes) is 5. The van der Waals surface area contributed by atoms with E-state index in [1.807, 2.05) is 0 Å². The van der Waals surface area contributed by atoms with Crippen LogP contribution in [0.15, 0.2) is 0 Å². The standard InChI is InChI=1S/C16H32N/c1-3-5-7-8-12-16-13-9-11-15-17(16)14-10-6-4-2/h16H,1,3-15H2,2H3. The van der Waals surface area contributed by atoms with Crippen LogP contribution in [-0.2, 0) is 0 Å². The highest BCUT2D eigenvalue weighted by Crippen LogP contribution is 2.22. The van der Waals surface area contributed by atoms with Gasteiger partial charge in [-0.25, -0.2) is 0 Å². The minimum atomic E-state index is 0.908. The van der Waals surface area contributed by atoms with Gasteiger partial charge in [0, 0.05) is 6.04 Å². The van der Waals surface area contributed by atoms with Crippen LogP contribution in [0.5, 0.6) is 0 Å². The Kier molecular flexibility index (Phi) is 8.78. The summed E-state index contributed by atoms with van der Waals surface area (Å²) >= 11 is 0. The summed E-state index contributed by atoms with van der Waals surface area (Å²) in [6.07, 6.45) is 15.2. The summed E-state index contributed by atoms with van der Waals surface area (Å²) in [7, 11) is 0. The van der Waals surface area contributed by atoms with E-state index in [-0.39, 0.29) is 0 Å². The summed E-state index contributed by atoms with van der Waals surface area (Å²) in [5.41, 5.74) is 0. The van der Waals surface area contributed by atoms with Crippen LogP contribution in [0.1, 0.15) is 77.6 Å². The molecule has 1 nitrogen and oxygen atoms in total. The molecule has 0 aromatic rings. The number of rotatable bonds is 9. The number of likely N-dealkylation sites (tertiary alicyclic amines) is 1. The van der Waals surface area contributed by atoms with Crippen LogP contribution >= 0.6 is 0 Å². The fourth-order valence-electron chi connectivity index (χ4n) is 2.98. The second kappa shape index (κ2) is 9.94. The molecule has 1 radical (unpaired) electrons. The Hall–Kier alpha value is -0.0400. The van der Waals surface area contributed by atoms with Crippen molar-refractivity contribution in [1.82, 2.24) is 4.90 Å². The normalized spacial score (nSPS) is 21.9. The third kappa shape index (κ3) is 6.45. The maximum absolute atomic E-state index is 3.92. The number of nitrogens with zero attached hydrogens (tertiary/aromatic N) is 1. The van der Waals surface area contributed by atoms with Gasteiger partial charge in [0.25, 0.3) is 0 Å². The summed E-state index contributed by atoms with van der Waals surface area (Å²) in [5.74, 6) is 0. The smallest absolute Gasteiger partial charge is 0.00952 e. The first-order chi connectivity index (χ1) is 8.38. The predicted molar refractivity (Wildman–Crippen MR) is 77.2 cm³/mol. The SMILES string of the molecule is [CH2]CCCCCC1CCCCN1CCCCC. The molecule has 101 valence electrons. The van der Waals surface area contributed by atoms with E-state index in [1.54, 1.807) is 0 Å². The molecule has 0 aromatic carbocycles. The third-order valence-corrected chi connectivity index (χ3v) is 4.09. The van der Waals surface area contributed by atoms with Crippen molar-refractivity contribution >= 4 is 0 Å². The number of piperidine rings is 1. The van der Waals surface area contributed by atoms with Crippen LogP contribution < -0.4 is 0 Å². The molecule has 1 heteroatoms. The van der Waals surface area contributed by atoms with E-state index in [4.69, 9.17) is 0 Å². The fraction of sp³-hybridized carbons (Fsp3) is 0.938. The second-order valence-electron chi connectivity index (χ2n) is 5.60. The van der Waals surface area contributed by atoms with Crippen molar-refractivity contribution in [2.45, 2.75) is 83.6 Å². The maximum atomic E-state index is 3.92. The van der Waals surface area contributed by atoms with E-state index in [9.17, 15) is 0 Å². The lowest BCUT2D eigenvalue weighted by molar-refractivity contribution is 0.135. The van der Waals surface area contributed by atoms with Gasteiger partial charge in [-0.2, -0.15) is 0 Å². The van der Waals surface area contributed by atoms with Gasteiger partial charge in [0.2, 0.25) is 0 Å². The van der Waals surface area contributed by atoms with Gasteiger partial charge < -0.3 is 4.90 Å². The van der Waals surface area contributed by atoms with E-state index in [1.165, 1.54) is 77.3 Å². The van der Waals surface area contributed by atoms with Crippen LogP contribution in [0.3, 0.4) is 0 Å². The molecule has 1 saturated heterocycles. The van der Waals surface area contributed by atoms with Crippen LogP contribution in [0, 0.1) is 6.92 Å². The van der Waals surface area contributed by atoms with Crippen molar-refractivity contribution in [3.63, 3.8) is 0 Å². The molecule has 1 aliphatic rings. The van der Waals surface area contributed by atoms with Gasteiger partial charge in [-0.1, -0.05) is 58.8 Å². The first-order valence-electron chi connectivity index (χ1n) is 7.91. The largest absolute Gasteiger partial charge is 0.300 e. The summed E-state index contributed by atoms with van der Waals surface area (Å²) in [6, 6.07) is 0.908. The van der Waals surface area contributed by atoms with E-state index < -0.39 is 0 Å². The molecule has 1 heterocycles. The van der Waals surface area contributed by atoms with E-state index >= 15 is 0 Å². The number of hydrogen-bond acceptors (Lipinski definition) is 1. The van der Waals surface area contributed by atoms with E-state index in [2.05, 4.69) is 18.7 Å². The van der Waals surface area contributed by atoms with Crippen LogP contribution in [0.4, 0.5) is 0 Å². The van der Waals surface area contributed by atoms with Crippen LogP contribution in [0.25, 0.3) is 0 Å². The zero-order chi connectivity index (χ0) is 12.3. The highest BCUT2D eigenvalue weighted by atomic mass is 15.2. The van der Waals surface area contributed by atoms with Crippen molar-refractivity contribution < 1.29 is 0 Å². The molecule has 0 saturated carbocycles. The Morgan fingerprint density at radius 1 is 1.06 bits per heavy atom. The molecule has 1 atom stereocenters. The molecular weight excluding hydrogens is 206 g/mol. The number of hydrogen-bond donors (Lipinski definition) is 0. The summed E-state index contributed by atoms with van der Waals surface area (Å²) in [5, 5.41) is 0. The molecule has 1 unspecified atom stereocenters.